The highest BCUT2D eigenvalue weighted by molar-refractivity contribution is 7.14. The van der Waals surface area contributed by atoms with Crippen LogP contribution in [0.2, 0.25) is 0 Å². The van der Waals surface area contributed by atoms with E-state index >= 15 is 0 Å². The summed E-state index contributed by atoms with van der Waals surface area (Å²) in [6.07, 6.45) is 0. The normalized spacial score (nSPS) is 13.5. The van der Waals surface area contributed by atoms with Crippen molar-refractivity contribution in [3.63, 3.8) is 0 Å². The molecule has 2 aliphatic rings. The van der Waals surface area contributed by atoms with Crippen LogP contribution >= 0.6 is 11.3 Å². The first-order valence-electron chi connectivity index (χ1n) is 13.4. The maximum Gasteiger partial charge on any atom is 0.203 e. The summed E-state index contributed by atoms with van der Waals surface area (Å²) >= 11 is 1.67. The van der Waals surface area contributed by atoms with Gasteiger partial charge in [-0.1, -0.05) is 127 Å². The van der Waals surface area contributed by atoms with Gasteiger partial charge >= 0.3 is 0 Å². The average molecular weight is 517 g/mol. The number of hydrogen-bond acceptors (Lipinski definition) is 2. The molecule has 5 aromatic carbocycles. The molecule has 1 heterocycles. The van der Waals surface area contributed by atoms with Gasteiger partial charge in [0.15, 0.2) is 0 Å². The third kappa shape index (κ3) is 3.35. The highest BCUT2D eigenvalue weighted by Gasteiger charge is 2.37. The van der Waals surface area contributed by atoms with Crippen molar-refractivity contribution in [1.82, 2.24) is 0 Å². The Morgan fingerprint density at radius 2 is 0.872 bits per heavy atom. The first-order valence-corrected chi connectivity index (χ1v) is 14.2. The predicted octanol–water partition coefficient (Wildman–Crippen LogP) is 9.30. The van der Waals surface area contributed by atoms with Gasteiger partial charge in [-0.05, 0) is 56.1 Å². The Labute approximate surface area is 232 Å². The third-order valence-corrected chi connectivity index (χ3v) is 9.50. The molecule has 0 saturated heterocycles. The number of benzene rings is 5. The Hall–Kier alpha value is -4.53. The molecule has 0 aliphatic heterocycles. The molecule has 2 aliphatic carbocycles. The molecule has 1 nitrogen and oxygen atoms in total. The summed E-state index contributed by atoms with van der Waals surface area (Å²) in [7, 11) is 0. The highest BCUT2D eigenvalue weighted by Crippen LogP contribution is 2.54. The SMILES string of the molecule is O=C(c1ccccc1)c1sc(C2c3ccccc3-c3ccccc32)cc1C1c2ccccc2-c2ccccc21. The molecule has 0 saturated carbocycles. The molecule has 6 aromatic rings. The molecule has 39 heavy (non-hydrogen) atoms. The zero-order valence-electron chi connectivity index (χ0n) is 21.2. The Kier molecular flexibility index (Phi) is 5.04. The number of hydrogen-bond donors (Lipinski definition) is 0. The Morgan fingerprint density at radius 1 is 0.462 bits per heavy atom. The van der Waals surface area contributed by atoms with E-state index in [2.05, 4.69) is 103 Å². The quantitative estimate of drug-likeness (QED) is 0.213. The second kappa shape index (κ2) is 8.76. The number of thiophene rings is 1. The molecular formula is C37H24OS. The standard InChI is InChI=1S/C37H24OS/c38-36(23-12-2-1-3-13-23)37-32(34-28-18-8-4-14-24(28)25-15-5-9-19-29(25)34)22-33(39-37)35-30-20-10-6-16-26(30)27-17-7-11-21-31(27)35/h1-22,34-35H. The van der Waals surface area contributed by atoms with Gasteiger partial charge in [0, 0.05) is 22.3 Å². The molecule has 1 aromatic heterocycles. The summed E-state index contributed by atoms with van der Waals surface area (Å²) in [5, 5.41) is 0. The Bertz CT molecular complexity index is 1800. The van der Waals surface area contributed by atoms with Gasteiger partial charge in [0.2, 0.25) is 5.78 Å². The summed E-state index contributed by atoms with van der Waals surface area (Å²) in [6, 6.07) is 46.9. The highest BCUT2D eigenvalue weighted by atomic mass is 32.1. The molecule has 0 amide bonds. The van der Waals surface area contributed by atoms with Crippen molar-refractivity contribution in [1.29, 1.82) is 0 Å². The molecule has 0 bridgehead atoms. The lowest BCUT2D eigenvalue weighted by atomic mass is 9.86. The topological polar surface area (TPSA) is 17.1 Å². The smallest absolute Gasteiger partial charge is 0.203 e. The van der Waals surface area contributed by atoms with E-state index in [4.69, 9.17) is 0 Å². The van der Waals surface area contributed by atoms with Crippen LogP contribution in [0.15, 0.2) is 133 Å². The van der Waals surface area contributed by atoms with Gasteiger partial charge < -0.3 is 0 Å². The number of ketones is 1. The van der Waals surface area contributed by atoms with Gasteiger partial charge in [-0.3, -0.25) is 4.79 Å². The minimum absolute atomic E-state index is 0.0250. The lowest BCUT2D eigenvalue weighted by molar-refractivity contribution is 0.104. The van der Waals surface area contributed by atoms with E-state index in [0.29, 0.717) is 0 Å². The maximum atomic E-state index is 14.2. The van der Waals surface area contributed by atoms with Gasteiger partial charge in [-0.2, -0.15) is 0 Å². The lowest BCUT2D eigenvalue weighted by Crippen LogP contribution is -2.06. The van der Waals surface area contributed by atoms with Crippen molar-refractivity contribution < 1.29 is 4.79 Å². The summed E-state index contributed by atoms with van der Waals surface area (Å²) in [5.41, 5.74) is 12.1. The number of carbonyl (C=O) groups excluding carboxylic acids is 1. The van der Waals surface area contributed by atoms with Crippen LogP contribution in [0.4, 0.5) is 0 Å². The third-order valence-electron chi connectivity index (χ3n) is 8.29. The molecule has 0 N–H and O–H groups in total. The van der Waals surface area contributed by atoms with E-state index in [1.54, 1.807) is 11.3 Å². The first-order chi connectivity index (χ1) is 19.3. The van der Waals surface area contributed by atoms with E-state index in [-0.39, 0.29) is 17.6 Å². The Morgan fingerprint density at radius 3 is 1.36 bits per heavy atom. The predicted molar refractivity (Wildman–Crippen MR) is 160 cm³/mol. The average Bonchev–Trinajstić information content (AvgIpc) is 3.67. The van der Waals surface area contributed by atoms with Crippen LogP contribution in [0.25, 0.3) is 22.3 Å². The zero-order chi connectivity index (χ0) is 25.9. The molecule has 0 atom stereocenters. The van der Waals surface area contributed by atoms with Crippen LogP contribution in [-0.2, 0) is 0 Å². The summed E-state index contributed by atoms with van der Waals surface area (Å²) in [4.78, 5) is 16.2. The summed E-state index contributed by atoms with van der Waals surface area (Å²) in [5.74, 6) is 0.241. The maximum absolute atomic E-state index is 14.2. The van der Waals surface area contributed by atoms with Gasteiger partial charge in [0.05, 0.1) is 4.88 Å². The molecule has 8 rings (SSSR count). The molecular weight excluding hydrogens is 492 g/mol. The molecule has 0 radical (unpaired) electrons. The minimum Gasteiger partial charge on any atom is -0.288 e. The molecule has 184 valence electrons. The van der Waals surface area contributed by atoms with E-state index in [0.717, 1.165) is 16.0 Å². The summed E-state index contributed by atoms with van der Waals surface area (Å²) in [6.45, 7) is 0. The van der Waals surface area contributed by atoms with Crippen molar-refractivity contribution in [2.45, 2.75) is 11.8 Å². The molecule has 0 spiro atoms. The fraction of sp³-hybridized carbons (Fsp3) is 0.0541. The van der Waals surface area contributed by atoms with E-state index in [9.17, 15) is 4.79 Å². The van der Waals surface area contributed by atoms with Crippen molar-refractivity contribution in [3.05, 3.63) is 177 Å². The van der Waals surface area contributed by atoms with E-state index < -0.39 is 0 Å². The minimum atomic E-state index is 0.0250. The molecule has 0 unspecified atom stereocenters. The van der Waals surface area contributed by atoms with Gasteiger partial charge in [0.1, 0.15) is 0 Å². The van der Waals surface area contributed by atoms with Crippen LogP contribution in [0.3, 0.4) is 0 Å². The van der Waals surface area contributed by atoms with E-state index in [1.807, 2.05) is 30.3 Å². The number of rotatable bonds is 4. The van der Waals surface area contributed by atoms with Crippen LogP contribution in [0, 0.1) is 0 Å². The number of fused-ring (bicyclic) bond motifs is 6. The summed E-state index contributed by atoms with van der Waals surface area (Å²) < 4.78 is 0. The van der Waals surface area contributed by atoms with Gasteiger partial charge in [-0.15, -0.1) is 11.3 Å². The van der Waals surface area contributed by atoms with Gasteiger partial charge in [-0.25, -0.2) is 0 Å². The lowest BCUT2D eigenvalue weighted by Gasteiger charge is -2.15. The second-order valence-electron chi connectivity index (χ2n) is 10.3. The Balaban J connectivity index is 1.38. The first kappa shape index (κ1) is 22.5. The monoisotopic (exact) mass is 516 g/mol. The van der Waals surface area contributed by atoms with Crippen LogP contribution in [-0.4, -0.2) is 5.78 Å². The van der Waals surface area contributed by atoms with Gasteiger partial charge in [0.25, 0.3) is 0 Å². The second-order valence-corrected chi connectivity index (χ2v) is 11.4. The van der Waals surface area contributed by atoms with Crippen molar-refractivity contribution in [2.75, 3.05) is 0 Å². The van der Waals surface area contributed by atoms with Crippen molar-refractivity contribution in [2.24, 2.45) is 0 Å². The molecule has 2 heteroatoms. The fourth-order valence-electron chi connectivity index (χ4n) is 6.63. The number of carbonyl (C=O) groups is 1. The van der Waals surface area contributed by atoms with Crippen molar-refractivity contribution in [3.8, 4) is 22.3 Å². The largest absolute Gasteiger partial charge is 0.288 e. The van der Waals surface area contributed by atoms with E-state index in [1.165, 1.54) is 49.4 Å². The van der Waals surface area contributed by atoms with Crippen LogP contribution in [0.5, 0.6) is 0 Å². The molecule has 0 fully saturated rings. The van der Waals surface area contributed by atoms with Crippen LogP contribution in [0.1, 0.15) is 59.8 Å². The fourth-order valence-corrected chi connectivity index (χ4v) is 7.93. The zero-order valence-corrected chi connectivity index (χ0v) is 22.0. The van der Waals surface area contributed by atoms with Crippen molar-refractivity contribution >= 4 is 17.1 Å². The van der Waals surface area contributed by atoms with Crippen LogP contribution < -0.4 is 0 Å².